The lowest BCUT2D eigenvalue weighted by Crippen LogP contribution is -2.37. The van der Waals surface area contributed by atoms with Crippen LogP contribution in [0.4, 0.5) is 4.79 Å². The van der Waals surface area contributed by atoms with E-state index in [-0.39, 0.29) is 0 Å². The third-order valence-corrected chi connectivity index (χ3v) is 2.45. The molecule has 0 atom stereocenters. The average Bonchev–Trinajstić information content (AvgIpc) is 2.30. The predicted molar refractivity (Wildman–Crippen MR) is 62.6 cm³/mol. The van der Waals surface area contributed by atoms with Gasteiger partial charge in [-0.3, -0.25) is 0 Å². The molecule has 0 radical (unpaired) electrons. The maximum atomic E-state index is 11.5. The summed E-state index contributed by atoms with van der Waals surface area (Å²) in [4.78, 5) is 15.6. The summed E-state index contributed by atoms with van der Waals surface area (Å²) in [5.74, 6) is 0. The molecule has 6 heteroatoms. The molecule has 16 heavy (non-hydrogen) atoms. The Bertz CT molecular complexity index is 321. The van der Waals surface area contributed by atoms with Crippen LogP contribution in [0.25, 0.3) is 0 Å². The molecule has 0 aliphatic carbocycles. The number of pyridine rings is 1. The van der Waals surface area contributed by atoms with E-state index in [1.807, 2.05) is 25.1 Å². The fourth-order valence-electron chi connectivity index (χ4n) is 0.954. The van der Waals surface area contributed by atoms with Crippen LogP contribution in [0, 0.1) is 0 Å². The third-order valence-electron chi connectivity index (χ3n) is 1.56. The molecule has 1 heterocycles. The van der Waals surface area contributed by atoms with Gasteiger partial charge in [-0.15, -0.1) is 0 Å². The molecular weight excluding hydrogens is 226 g/mol. The van der Waals surface area contributed by atoms with E-state index in [2.05, 4.69) is 10.4 Å². The Morgan fingerprint density at radius 2 is 2.38 bits per heavy atom. The second-order valence-electron chi connectivity index (χ2n) is 2.76. The summed E-state index contributed by atoms with van der Waals surface area (Å²) in [7, 11) is 0. The minimum Gasteiger partial charge on any atom is -0.448 e. The number of aromatic nitrogens is 1. The maximum Gasteiger partial charge on any atom is 0.435 e. The van der Waals surface area contributed by atoms with Crippen LogP contribution in [0.5, 0.6) is 0 Å². The van der Waals surface area contributed by atoms with Gasteiger partial charge in [-0.25, -0.2) is 15.2 Å². The van der Waals surface area contributed by atoms with E-state index in [0.717, 1.165) is 5.03 Å². The molecule has 1 aromatic rings. The Hall–Kier alpha value is -1.27. The van der Waals surface area contributed by atoms with Crippen LogP contribution in [0.15, 0.2) is 29.4 Å². The van der Waals surface area contributed by atoms with Crippen LogP contribution in [0.2, 0.25) is 0 Å². The lowest BCUT2D eigenvalue weighted by atomic mass is 10.5. The summed E-state index contributed by atoms with van der Waals surface area (Å²) in [6, 6.07) is 5.52. The van der Waals surface area contributed by atoms with Crippen LogP contribution in [0.1, 0.15) is 13.8 Å². The standard InChI is InChI=1S/C10H15N3O2S/c1-3-12-13(10(14)15-4-2)16-9-7-5-6-8-11-9/h5-8,12H,3-4H2,1-2H3. The predicted octanol–water partition coefficient (Wildman–Crippen LogP) is 2.07. The molecule has 5 nitrogen and oxygen atoms in total. The minimum absolute atomic E-state index is 0.351. The minimum atomic E-state index is -0.417. The van der Waals surface area contributed by atoms with Crippen molar-refractivity contribution in [3.8, 4) is 0 Å². The number of nitrogens with zero attached hydrogens (tertiary/aromatic N) is 2. The first kappa shape index (κ1) is 12.8. The van der Waals surface area contributed by atoms with Gasteiger partial charge in [-0.05, 0) is 19.1 Å². The maximum absolute atomic E-state index is 11.5. The van der Waals surface area contributed by atoms with Crippen LogP contribution in [0.3, 0.4) is 0 Å². The van der Waals surface area contributed by atoms with Crippen molar-refractivity contribution in [2.24, 2.45) is 0 Å². The van der Waals surface area contributed by atoms with Crippen molar-refractivity contribution in [2.75, 3.05) is 13.2 Å². The van der Waals surface area contributed by atoms with Gasteiger partial charge < -0.3 is 4.74 Å². The van der Waals surface area contributed by atoms with Crippen molar-refractivity contribution in [3.63, 3.8) is 0 Å². The molecule has 0 aliphatic heterocycles. The van der Waals surface area contributed by atoms with Crippen molar-refractivity contribution in [1.29, 1.82) is 0 Å². The molecule has 0 bridgehead atoms. The lowest BCUT2D eigenvalue weighted by molar-refractivity contribution is 0.123. The molecule has 0 saturated heterocycles. The van der Waals surface area contributed by atoms with Crippen LogP contribution < -0.4 is 5.43 Å². The molecule has 0 fully saturated rings. The largest absolute Gasteiger partial charge is 0.448 e. The molecule has 88 valence electrons. The number of carbonyl (C=O) groups excluding carboxylic acids is 1. The summed E-state index contributed by atoms with van der Waals surface area (Å²) < 4.78 is 6.24. The van der Waals surface area contributed by atoms with E-state index in [9.17, 15) is 4.79 Å². The number of hydrogen-bond donors (Lipinski definition) is 1. The topological polar surface area (TPSA) is 54.5 Å². The van der Waals surface area contributed by atoms with Gasteiger partial charge >= 0.3 is 6.09 Å². The summed E-state index contributed by atoms with van der Waals surface area (Å²) >= 11 is 1.20. The second kappa shape index (κ2) is 7.08. The molecule has 1 aromatic heterocycles. The molecule has 1 amide bonds. The molecule has 0 aromatic carbocycles. The first-order valence-electron chi connectivity index (χ1n) is 5.07. The highest BCUT2D eigenvalue weighted by atomic mass is 32.2. The molecule has 1 N–H and O–H groups in total. The smallest absolute Gasteiger partial charge is 0.435 e. The summed E-state index contributed by atoms with van der Waals surface area (Å²) in [5, 5.41) is 0.733. The summed E-state index contributed by atoms with van der Waals surface area (Å²) in [6.07, 6.45) is 1.26. The molecule has 0 saturated carbocycles. The Labute approximate surface area is 99.3 Å². The molecule has 0 unspecified atom stereocenters. The van der Waals surface area contributed by atoms with Gasteiger partial charge in [0.2, 0.25) is 0 Å². The fraction of sp³-hybridized carbons (Fsp3) is 0.400. The highest BCUT2D eigenvalue weighted by Crippen LogP contribution is 2.18. The van der Waals surface area contributed by atoms with Gasteiger partial charge in [0.05, 0.1) is 6.61 Å². The van der Waals surface area contributed by atoms with Gasteiger partial charge in [0.25, 0.3) is 0 Å². The quantitative estimate of drug-likeness (QED) is 0.631. The SMILES string of the molecule is CCNN(Sc1ccccn1)C(=O)OCC. The van der Waals surface area contributed by atoms with Crippen LogP contribution in [-0.2, 0) is 4.74 Å². The van der Waals surface area contributed by atoms with Gasteiger partial charge in [-0.2, -0.15) is 4.41 Å². The number of rotatable bonds is 5. The third kappa shape index (κ3) is 4.08. The Kier molecular flexibility index (Phi) is 5.66. The highest BCUT2D eigenvalue weighted by Gasteiger charge is 2.15. The zero-order valence-electron chi connectivity index (χ0n) is 9.34. The van der Waals surface area contributed by atoms with E-state index in [1.165, 1.54) is 16.4 Å². The monoisotopic (exact) mass is 241 g/mol. The number of nitrogens with one attached hydrogen (secondary N) is 1. The Morgan fingerprint density at radius 3 is 2.94 bits per heavy atom. The first-order valence-corrected chi connectivity index (χ1v) is 5.84. The van der Waals surface area contributed by atoms with Crippen molar-refractivity contribution < 1.29 is 9.53 Å². The fourth-order valence-corrected chi connectivity index (χ4v) is 1.71. The zero-order chi connectivity index (χ0) is 11.8. The molecule has 1 rings (SSSR count). The van der Waals surface area contributed by atoms with Crippen molar-refractivity contribution in [1.82, 2.24) is 14.8 Å². The van der Waals surface area contributed by atoms with E-state index >= 15 is 0 Å². The van der Waals surface area contributed by atoms with Gasteiger partial charge in [0, 0.05) is 24.7 Å². The molecular formula is C10H15N3O2S. The molecule has 0 spiro atoms. The highest BCUT2D eigenvalue weighted by molar-refractivity contribution is 7.97. The lowest BCUT2D eigenvalue weighted by Gasteiger charge is -2.19. The number of hydrogen-bond acceptors (Lipinski definition) is 5. The van der Waals surface area contributed by atoms with Crippen molar-refractivity contribution in [2.45, 2.75) is 18.9 Å². The first-order chi connectivity index (χ1) is 7.77. The van der Waals surface area contributed by atoms with E-state index < -0.39 is 6.09 Å². The number of amides is 1. The average molecular weight is 241 g/mol. The normalized spacial score (nSPS) is 9.88. The van der Waals surface area contributed by atoms with Gasteiger partial charge in [0.1, 0.15) is 5.03 Å². The van der Waals surface area contributed by atoms with E-state index in [4.69, 9.17) is 4.74 Å². The second-order valence-corrected chi connectivity index (χ2v) is 3.73. The Morgan fingerprint density at radius 1 is 1.56 bits per heavy atom. The number of carbonyl (C=O) groups is 1. The van der Waals surface area contributed by atoms with Crippen molar-refractivity contribution >= 4 is 18.0 Å². The van der Waals surface area contributed by atoms with Crippen LogP contribution >= 0.6 is 11.9 Å². The zero-order valence-corrected chi connectivity index (χ0v) is 10.2. The van der Waals surface area contributed by atoms with E-state index in [0.29, 0.717) is 13.2 Å². The number of hydrazine groups is 1. The van der Waals surface area contributed by atoms with Crippen LogP contribution in [-0.4, -0.2) is 28.6 Å². The summed E-state index contributed by atoms with van der Waals surface area (Å²) in [6.45, 7) is 4.67. The van der Waals surface area contributed by atoms with Gasteiger partial charge in [-0.1, -0.05) is 13.0 Å². The Balaban J connectivity index is 2.60. The summed E-state index contributed by atoms with van der Waals surface area (Å²) in [5.41, 5.74) is 2.90. The molecule has 0 aliphatic rings. The number of ether oxygens (including phenoxy) is 1. The van der Waals surface area contributed by atoms with Gasteiger partial charge in [0.15, 0.2) is 0 Å². The van der Waals surface area contributed by atoms with Crippen molar-refractivity contribution in [3.05, 3.63) is 24.4 Å². The van der Waals surface area contributed by atoms with E-state index in [1.54, 1.807) is 13.1 Å².